The van der Waals surface area contributed by atoms with Gasteiger partial charge in [0.25, 0.3) is 5.89 Å². The number of halogens is 2. The van der Waals surface area contributed by atoms with Crippen LogP contribution in [0, 0.1) is 0 Å². The number of benzene rings is 2. The molecule has 6 nitrogen and oxygen atoms in total. The van der Waals surface area contributed by atoms with Crippen LogP contribution in [-0.4, -0.2) is 23.2 Å². The summed E-state index contributed by atoms with van der Waals surface area (Å²) in [4.78, 5) is 16.3. The van der Waals surface area contributed by atoms with E-state index in [0.29, 0.717) is 27.5 Å². The minimum Gasteiger partial charge on any atom is -0.495 e. The molecule has 0 unspecified atom stereocenters. The highest BCUT2D eigenvalue weighted by Crippen LogP contribution is 2.25. The molecule has 0 fully saturated rings. The maximum atomic E-state index is 12.1. The minimum absolute atomic E-state index is 0.160. The Balaban J connectivity index is 1.57. The topological polar surface area (TPSA) is 77.2 Å². The molecular formula is C18H15Cl2N3O3. The minimum atomic E-state index is -0.180. The molecule has 0 saturated heterocycles. The van der Waals surface area contributed by atoms with Gasteiger partial charge in [0.2, 0.25) is 5.91 Å². The lowest BCUT2D eigenvalue weighted by Gasteiger charge is -2.06. The highest BCUT2D eigenvalue weighted by Gasteiger charge is 2.11. The zero-order valence-electron chi connectivity index (χ0n) is 13.8. The van der Waals surface area contributed by atoms with Gasteiger partial charge in [-0.25, -0.2) is 0 Å². The van der Waals surface area contributed by atoms with Crippen molar-refractivity contribution in [2.75, 3.05) is 7.11 Å². The van der Waals surface area contributed by atoms with E-state index < -0.39 is 0 Å². The van der Waals surface area contributed by atoms with Gasteiger partial charge in [-0.3, -0.25) is 4.79 Å². The van der Waals surface area contributed by atoms with Crippen molar-refractivity contribution in [3.8, 4) is 17.2 Å². The first-order valence-electron chi connectivity index (χ1n) is 7.73. The van der Waals surface area contributed by atoms with Gasteiger partial charge in [0.1, 0.15) is 5.75 Å². The van der Waals surface area contributed by atoms with Gasteiger partial charge in [0, 0.05) is 10.6 Å². The van der Waals surface area contributed by atoms with Gasteiger partial charge in [-0.2, -0.15) is 4.98 Å². The molecule has 0 aliphatic rings. The molecule has 0 saturated carbocycles. The van der Waals surface area contributed by atoms with Crippen molar-refractivity contribution < 1.29 is 14.1 Å². The van der Waals surface area contributed by atoms with Crippen LogP contribution in [0.2, 0.25) is 10.0 Å². The third kappa shape index (κ3) is 4.53. The molecule has 3 rings (SSSR count). The molecule has 0 aliphatic heterocycles. The summed E-state index contributed by atoms with van der Waals surface area (Å²) in [6, 6.07) is 12.3. The fourth-order valence-electron chi connectivity index (χ4n) is 2.31. The van der Waals surface area contributed by atoms with Gasteiger partial charge in [-0.05, 0) is 35.9 Å². The Kier molecular flexibility index (Phi) is 5.75. The predicted octanol–water partition coefficient (Wildman–Crippen LogP) is 3.91. The fourth-order valence-corrected chi connectivity index (χ4v) is 2.78. The van der Waals surface area contributed by atoms with E-state index in [1.807, 2.05) is 6.07 Å². The van der Waals surface area contributed by atoms with Crippen molar-refractivity contribution >= 4 is 29.1 Å². The Bertz CT molecular complexity index is 928. The maximum absolute atomic E-state index is 12.1. The third-order valence-corrected chi connectivity index (χ3v) is 4.09. The second-order valence-electron chi connectivity index (χ2n) is 5.45. The lowest BCUT2D eigenvalue weighted by Crippen LogP contribution is -2.25. The van der Waals surface area contributed by atoms with Gasteiger partial charge in [0.05, 0.1) is 25.1 Å². The van der Waals surface area contributed by atoms with Gasteiger partial charge in [0.15, 0.2) is 5.82 Å². The lowest BCUT2D eigenvalue weighted by atomic mass is 10.1. The van der Waals surface area contributed by atoms with Crippen molar-refractivity contribution in [3.63, 3.8) is 0 Å². The zero-order valence-corrected chi connectivity index (χ0v) is 15.3. The Morgan fingerprint density at radius 3 is 2.81 bits per heavy atom. The van der Waals surface area contributed by atoms with Crippen LogP contribution in [0.3, 0.4) is 0 Å². The molecule has 0 bridgehead atoms. The number of nitrogens with one attached hydrogen (secondary N) is 1. The molecule has 134 valence electrons. The first kappa shape index (κ1) is 18.2. The standard InChI is InChI=1S/C18H15Cl2N3O3/c1-25-15-6-5-11(7-14(15)20)8-17(24)21-10-16-22-18(26-23-16)12-3-2-4-13(19)9-12/h2-7,9H,8,10H2,1H3,(H,21,24). The number of carbonyl (C=O) groups excluding carboxylic acids is 1. The number of aromatic nitrogens is 2. The molecule has 8 heteroatoms. The molecule has 1 aromatic heterocycles. The van der Waals surface area contributed by atoms with Crippen LogP contribution in [0.15, 0.2) is 47.0 Å². The quantitative estimate of drug-likeness (QED) is 0.688. The van der Waals surface area contributed by atoms with Crippen molar-refractivity contribution in [1.82, 2.24) is 15.5 Å². The Morgan fingerprint density at radius 2 is 2.08 bits per heavy atom. The van der Waals surface area contributed by atoms with Crippen LogP contribution in [0.4, 0.5) is 0 Å². The van der Waals surface area contributed by atoms with Gasteiger partial charge in [-0.15, -0.1) is 0 Å². The van der Waals surface area contributed by atoms with Crippen LogP contribution in [0.1, 0.15) is 11.4 Å². The average molecular weight is 392 g/mol. The van der Waals surface area contributed by atoms with E-state index in [2.05, 4.69) is 15.5 Å². The molecule has 1 amide bonds. The van der Waals surface area contributed by atoms with Crippen molar-refractivity contribution in [2.45, 2.75) is 13.0 Å². The van der Waals surface area contributed by atoms with E-state index in [1.54, 1.807) is 36.4 Å². The number of rotatable bonds is 6. The van der Waals surface area contributed by atoms with Gasteiger partial charge >= 0.3 is 0 Å². The van der Waals surface area contributed by atoms with Crippen LogP contribution >= 0.6 is 23.2 Å². The van der Waals surface area contributed by atoms with E-state index >= 15 is 0 Å². The summed E-state index contributed by atoms with van der Waals surface area (Å²) in [5.74, 6) is 1.11. The van der Waals surface area contributed by atoms with Crippen LogP contribution in [-0.2, 0) is 17.8 Å². The predicted molar refractivity (Wildman–Crippen MR) is 98.3 cm³/mol. The molecule has 0 aliphatic carbocycles. The van der Waals surface area contributed by atoms with Gasteiger partial charge in [-0.1, -0.05) is 40.5 Å². The Hall–Kier alpha value is -2.57. The summed E-state index contributed by atoms with van der Waals surface area (Å²) in [5.41, 5.74) is 1.50. The first-order chi connectivity index (χ1) is 12.5. The van der Waals surface area contributed by atoms with Crippen LogP contribution in [0.25, 0.3) is 11.5 Å². The van der Waals surface area contributed by atoms with Crippen molar-refractivity contribution in [2.24, 2.45) is 0 Å². The molecule has 0 spiro atoms. The normalized spacial score (nSPS) is 10.6. The highest BCUT2D eigenvalue weighted by atomic mass is 35.5. The summed E-state index contributed by atoms with van der Waals surface area (Å²) >= 11 is 12.0. The number of hydrogen-bond donors (Lipinski definition) is 1. The Morgan fingerprint density at radius 1 is 1.23 bits per heavy atom. The van der Waals surface area contributed by atoms with E-state index in [4.69, 9.17) is 32.5 Å². The van der Waals surface area contributed by atoms with E-state index in [1.165, 1.54) is 7.11 Å². The second kappa shape index (κ2) is 8.21. The summed E-state index contributed by atoms with van der Waals surface area (Å²) in [6.45, 7) is 0.160. The number of nitrogens with zero attached hydrogens (tertiary/aromatic N) is 2. The number of amides is 1. The van der Waals surface area contributed by atoms with E-state index in [-0.39, 0.29) is 18.9 Å². The van der Waals surface area contributed by atoms with Crippen LogP contribution < -0.4 is 10.1 Å². The molecule has 1 N–H and O–H groups in total. The monoisotopic (exact) mass is 391 g/mol. The van der Waals surface area contributed by atoms with Gasteiger partial charge < -0.3 is 14.6 Å². The third-order valence-electron chi connectivity index (χ3n) is 3.56. The SMILES string of the molecule is COc1ccc(CC(=O)NCc2noc(-c3cccc(Cl)c3)n2)cc1Cl. The smallest absolute Gasteiger partial charge is 0.258 e. The highest BCUT2D eigenvalue weighted by molar-refractivity contribution is 6.32. The summed E-state index contributed by atoms with van der Waals surface area (Å²) in [6.07, 6.45) is 0.183. The Labute approximate surface area is 160 Å². The van der Waals surface area contributed by atoms with Crippen molar-refractivity contribution in [1.29, 1.82) is 0 Å². The van der Waals surface area contributed by atoms with E-state index in [0.717, 1.165) is 11.1 Å². The van der Waals surface area contributed by atoms with E-state index in [9.17, 15) is 4.79 Å². The molecule has 26 heavy (non-hydrogen) atoms. The molecule has 1 heterocycles. The lowest BCUT2D eigenvalue weighted by molar-refractivity contribution is -0.120. The fraction of sp³-hybridized carbons (Fsp3) is 0.167. The molecule has 3 aromatic rings. The molecular weight excluding hydrogens is 377 g/mol. The van der Waals surface area contributed by atoms with Crippen LogP contribution in [0.5, 0.6) is 5.75 Å². The summed E-state index contributed by atoms with van der Waals surface area (Å²) in [7, 11) is 1.54. The summed E-state index contributed by atoms with van der Waals surface area (Å²) in [5, 5.41) is 7.64. The maximum Gasteiger partial charge on any atom is 0.258 e. The summed E-state index contributed by atoms with van der Waals surface area (Å²) < 4.78 is 10.3. The number of methoxy groups -OCH3 is 1. The first-order valence-corrected chi connectivity index (χ1v) is 8.48. The molecule has 0 radical (unpaired) electrons. The number of ether oxygens (including phenoxy) is 1. The second-order valence-corrected chi connectivity index (χ2v) is 6.29. The molecule has 0 atom stereocenters. The largest absolute Gasteiger partial charge is 0.495 e. The zero-order chi connectivity index (χ0) is 18.5. The van der Waals surface area contributed by atoms with Crippen molar-refractivity contribution in [3.05, 3.63) is 63.9 Å². The molecule has 2 aromatic carbocycles. The number of carbonyl (C=O) groups is 1. The average Bonchev–Trinajstić information content (AvgIpc) is 3.09. The number of hydrogen-bond acceptors (Lipinski definition) is 5.